The fourth-order valence-electron chi connectivity index (χ4n) is 2.37. The van der Waals surface area contributed by atoms with Gasteiger partial charge in [-0.2, -0.15) is 0 Å². The second-order valence-corrected chi connectivity index (χ2v) is 5.97. The van der Waals surface area contributed by atoms with Gasteiger partial charge in [-0.15, -0.1) is 0 Å². The Morgan fingerprint density at radius 3 is 2.90 bits per heavy atom. The molecular weight excluding hydrogens is 288 g/mol. The van der Waals surface area contributed by atoms with Crippen molar-refractivity contribution in [1.82, 2.24) is 5.32 Å². The van der Waals surface area contributed by atoms with Crippen LogP contribution in [0.2, 0.25) is 5.02 Å². The van der Waals surface area contributed by atoms with Crippen LogP contribution in [0.15, 0.2) is 18.2 Å². The van der Waals surface area contributed by atoms with Crippen molar-refractivity contribution in [3.63, 3.8) is 0 Å². The second kappa shape index (κ2) is 7.78. The predicted octanol–water partition coefficient (Wildman–Crippen LogP) is 2.99. The molecule has 1 atom stereocenters. The van der Waals surface area contributed by atoms with E-state index >= 15 is 0 Å². The van der Waals surface area contributed by atoms with Crippen LogP contribution >= 0.6 is 11.6 Å². The molecule has 21 heavy (non-hydrogen) atoms. The van der Waals surface area contributed by atoms with Gasteiger partial charge in [0.05, 0.1) is 6.61 Å². The van der Waals surface area contributed by atoms with E-state index in [0.717, 1.165) is 11.3 Å². The van der Waals surface area contributed by atoms with Crippen molar-refractivity contribution in [3.8, 4) is 0 Å². The maximum Gasteiger partial charge on any atom is 0.225 e. The zero-order chi connectivity index (χ0) is 15.2. The van der Waals surface area contributed by atoms with Gasteiger partial charge in [-0.1, -0.05) is 17.7 Å². The number of benzene rings is 1. The molecule has 0 aliphatic heterocycles. The van der Waals surface area contributed by atoms with Gasteiger partial charge < -0.3 is 15.4 Å². The van der Waals surface area contributed by atoms with Gasteiger partial charge in [0.15, 0.2) is 0 Å². The van der Waals surface area contributed by atoms with E-state index in [-0.39, 0.29) is 5.91 Å². The summed E-state index contributed by atoms with van der Waals surface area (Å²) in [5.74, 6) is 0.711. The Balaban J connectivity index is 1.75. The second-order valence-electron chi connectivity index (χ2n) is 5.56. The van der Waals surface area contributed by atoms with Crippen LogP contribution in [0.3, 0.4) is 0 Å². The topological polar surface area (TPSA) is 50.4 Å². The SMILES string of the molecule is COC[C@@H](NCCC(=O)Nc1cccc(Cl)c1C)C1CC1. The summed E-state index contributed by atoms with van der Waals surface area (Å²) in [6.45, 7) is 3.27. The van der Waals surface area contributed by atoms with Crippen LogP contribution in [0.1, 0.15) is 24.8 Å². The van der Waals surface area contributed by atoms with Gasteiger partial charge in [0.25, 0.3) is 0 Å². The lowest BCUT2D eigenvalue weighted by Crippen LogP contribution is -2.37. The van der Waals surface area contributed by atoms with Crippen molar-refractivity contribution in [2.45, 2.75) is 32.2 Å². The predicted molar refractivity (Wildman–Crippen MR) is 85.8 cm³/mol. The summed E-state index contributed by atoms with van der Waals surface area (Å²) in [6, 6.07) is 5.89. The van der Waals surface area contributed by atoms with E-state index in [1.165, 1.54) is 12.8 Å². The molecule has 1 fully saturated rings. The van der Waals surface area contributed by atoms with Gasteiger partial charge >= 0.3 is 0 Å². The minimum absolute atomic E-state index is 0.000157. The average molecular weight is 311 g/mol. The summed E-state index contributed by atoms with van der Waals surface area (Å²) in [6.07, 6.45) is 2.96. The molecule has 1 amide bonds. The fraction of sp³-hybridized carbons (Fsp3) is 0.562. The molecule has 1 aliphatic rings. The van der Waals surface area contributed by atoms with Crippen LogP contribution in [0.25, 0.3) is 0 Å². The summed E-state index contributed by atoms with van der Waals surface area (Å²) in [5, 5.41) is 6.99. The number of ether oxygens (including phenoxy) is 1. The molecule has 1 aliphatic carbocycles. The van der Waals surface area contributed by atoms with Gasteiger partial charge in [0, 0.05) is 36.8 Å². The van der Waals surface area contributed by atoms with Crippen molar-refractivity contribution < 1.29 is 9.53 Å². The van der Waals surface area contributed by atoms with E-state index in [1.54, 1.807) is 7.11 Å². The normalized spacial score (nSPS) is 15.8. The van der Waals surface area contributed by atoms with Gasteiger partial charge in [0.1, 0.15) is 0 Å². The fourth-order valence-corrected chi connectivity index (χ4v) is 2.54. The number of amides is 1. The third-order valence-electron chi connectivity index (χ3n) is 3.84. The molecule has 2 rings (SSSR count). The summed E-state index contributed by atoms with van der Waals surface area (Å²) in [4.78, 5) is 12.0. The van der Waals surface area contributed by atoms with E-state index in [4.69, 9.17) is 16.3 Å². The molecule has 116 valence electrons. The quantitative estimate of drug-likeness (QED) is 0.776. The number of carbonyl (C=O) groups is 1. The van der Waals surface area contributed by atoms with Crippen LogP contribution in [-0.2, 0) is 9.53 Å². The minimum atomic E-state index is -0.000157. The molecule has 5 heteroatoms. The van der Waals surface area contributed by atoms with E-state index in [9.17, 15) is 4.79 Å². The average Bonchev–Trinajstić information content (AvgIpc) is 3.27. The van der Waals surface area contributed by atoms with Crippen molar-refractivity contribution in [2.75, 3.05) is 25.6 Å². The highest BCUT2D eigenvalue weighted by molar-refractivity contribution is 6.31. The third-order valence-corrected chi connectivity index (χ3v) is 4.25. The standard InChI is InChI=1S/C16H23ClN2O2/c1-11-13(17)4-3-5-14(11)19-16(20)8-9-18-15(10-21-2)12-6-7-12/h3-5,12,15,18H,6-10H2,1-2H3,(H,19,20)/t15-/m1/s1. The number of rotatable bonds is 8. The Morgan fingerprint density at radius 2 is 2.24 bits per heavy atom. The minimum Gasteiger partial charge on any atom is -0.383 e. The number of methoxy groups -OCH3 is 1. The Kier molecular flexibility index (Phi) is 6.03. The molecule has 0 saturated heterocycles. The Hall–Kier alpha value is -1.10. The molecule has 1 aromatic rings. The number of anilines is 1. The van der Waals surface area contributed by atoms with Crippen molar-refractivity contribution >= 4 is 23.2 Å². The molecule has 0 spiro atoms. The van der Waals surface area contributed by atoms with Gasteiger partial charge in [-0.3, -0.25) is 4.79 Å². The van der Waals surface area contributed by atoms with E-state index < -0.39 is 0 Å². The van der Waals surface area contributed by atoms with Crippen LogP contribution < -0.4 is 10.6 Å². The first kappa shape index (κ1) is 16.3. The zero-order valence-corrected chi connectivity index (χ0v) is 13.4. The Morgan fingerprint density at radius 1 is 1.48 bits per heavy atom. The van der Waals surface area contributed by atoms with E-state index in [2.05, 4.69) is 10.6 Å². The summed E-state index contributed by atoms with van der Waals surface area (Å²) < 4.78 is 5.21. The van der Waals surface area contributed by atoms with Crippen LogP contribution in [0.5, 0.6) is 0 Å². The van der Waals surface area contributed by atoms with E-state index in [0.29, 0.717) is 36.6 Å². The number of halogens is 1. The molecule has 4 nitrogen and oxygen atoms in total. The number of hydrogen-bond acceptors (Lipinski definition) is 3. The molecular formula is C16H23ClN2O2. The molecule has 0 heterocycles. The first-order chi connectivity index (χ1) is 10.1. The lowest BCUT2D eigenvalue weighted by atomic mass is 10.2. The first-order valence-electron chi connectivity index (χ1n) is 7.39. The molecule has 1 aromatic carbocycles. The Labute approximate surface area is 131 Å². The van der Waals surface area contributed by atoms with E-state index in [1.807, 2.05) is 25.1 Å². The maximum absolute atomic E-state index is 12.0. The zero-order valence-electron chi connectivity index (χ0n) is 12.6. The van der Waals surface area contributed by atoms with Crippen LogP contribution in [0, 0.1) is 12.8 Å². The Bertz CT molecular complexity index is 489. The highest BCUT2D eigenvalue weighted by Crippen LogP contribution is 2.32. The molecule has 0 radical (unpaired) electrons. The van der Waals surface area contributed by atoms with Crippen LogP contribution in [-0.4, -0.2) is 32.2 Å². The highest BCUT2D eigenvalue weighted by Gasteiger charge is 2.30. The summed E-state index contributed by atoms with van der Waals surface area (Å²) in [5.41, 5.74) is 1.68. The molecule has 0 unspecified atom stereocenters. The molecule has 0 bridgehead atoms. The number of carbonyl (C=O) groups excluding carboxylic acids is 1. The molecule has 1 saturated carbocycles. The highest BCUT2D eigenvalue weighted by atomic mass is 35.5. The monoisotopic (exact) mass is 310 g/mol. The lowest BCUT2D eigenvalue weighted by Gasteiger charge is -2.17. The van der Waals surface area contributed by atoms with Gasteiger partial charge in [-0.05, 0) is 43.4 Å². The smallest absolute Gasteiger partial charge is 0.225 e. The molecule has 0 aromatic heterocycles. The van der Waals surface area contributed by atoms with Gasteiger partial charge in [0.2, 0.25) is 5.91 Å². The number of hydrogen-bond donors (Lipinski definition) is 2. The van der Waals surface area contributed by atoms with Crippen molar-refractivity contribution in [2.24, 2.45) is 5.92 Å². The van der Waals surface area contributed by atoms with Crippen LogP contribution in [0.4, 0.5) is 5.69 Å². The first-order valence-corrected chi connectivity index (χ1v) is 7.77. The largest absolute Gasteiger partial charge is 0.383 e. The lowest BCUT2D eigenvalue weighted by molar-refractivity contribution is -0.116. The van der Waals surface area contributed by atoms with Gasteiger partial charge in [-0.25, -0.2) is 0 Å². The van der Waals surface area contributed by atoms with Crippen molar-refractivity contribution in [3.05, 3.63) is 28.8 Å². The maximum atomic E-state index is 12.0. The summed E-state index contributed by atoms with van der Waals surface area (Å²) in [7, 11) is 1.71. The number of nitrogens with one attached hydrogen (secondary N) is 2. The molecule has 2 N–H and O–H groups in total. The van der Waals surface area contributed by atoms with Crippen molar-refractivity contribution in [1.29, 1.82) is 0 Å². The third kappa shape index (κ3) is 4.99. The summed E-state index contributed by atoms with van der Waals surface area (Å²) >= 11 is 6.04.